The maximum absolute atomic E-state index is 12.0. The van der Waals surface area contributed by atoms with E-state index < -0.39 is 6.04 Å². The third kappa shape index (κ3) is 6.72. The van der Waals surface area contributed by atoms with Crippen LogP contribution in [0.5, 0.6) is 5.75 Å². The minimum Gasteiger partial charge on any atom is -0.487 e. The molecule has 0 saturated carbocycles. The molecule has 0 fully saturated rings. The Hall–Kier alpha value is -2.11. The van der Waals surface area contributed by atoms with E-state index in [1.165, 1.54) is 0 Å². The summed E-state index contributed by atoms with van der Waals surface area (Å²) < 4.78 is 5.77. The number of nitrogens with two attached hydrogens (primary N) is 1. The first-order valence-electron chi connectivity index (χ1n) is 8.28. The minimum atomic E-state index is -0.457. The van der Waals surface area contributed by atoms with Crippen LogP contribution in [0.15, 0.2) is 48.7 Å². The third-order valence-electron chi connectivity index (χ3n) is 3.77. The van der Waals surface area contributed by atoms with Gasteiger partial charge >= 0.3 is 0 Å². The van der Waals surface area contributed by atoms with E-state index in [-0.39, 0.29) is 24.4 Å². The van der Waals surface area contributed by atoms with Crippen molar-refractivity contribution in [1.29, 1.82) is 0 Å². The third-order valence-corrected chi connectivity index (χ3v) is 3.77. The molecule has 2 unspecified atom stereocenters. The normalized spacial score (nSPS) is 12.6. The van der Waals surface area contributed by atoms with Gasteiger partial charge in [-0.15, -0.1) is 12.4 Å². The topological polar surface area (TPSA) is 77.2 Å². The first-order valence-corrected chi connectivity index (χ1v) is 8.28. The van der Waals surface area contributed by atoms with Gasteiger partial charge < -0.3 is 15.8 Å². The zero-order valence-corrected chi connectivity index (χ0v) is 15.5. The zero-order valence-electron chi connectivity index (χ0n) is 14.6. The predicted octanol–water partition coefficient (Wildman–Crippen LogP) is 3.39. The molecule has 136 valence electrons. The fourth-order valence-electron chi connectivity index (χ4n) is 2.36. The molecule has 2 rings (SSSR count). The molecule has 2 aromatic rings. The fraction of sp³-hybridized carbons (Fsp3) is 0.368. The van der Waals surface area contributed by atoms with Crippen LogP contribution >= 0.6 is 12.4 Å². The predicted molar refractivity (Wildman–Crippen MR) is 102 cm³/mol. The van der Waals surface area contributed by atoms with Gasteiger partial charge in [0.2, 0.25) is 5.91 Å². The minimum absolute atomic E-state index is 0. The second-order valence-corrected chi connectivity index (χ2v) is 5.81. The lowest BCUT2D eigenvalue weighted by molar-refractivity contribution is -0.123. The second-order valence-electron chi connectivity index (χ2n) is 5.81. The standard InChI is InChI=1S/C19H25N3O2.ClH/c1-3-7-18(20)19(23)22-14(2)15-8-6-10-17(12-15)24-13-16-9-4-5-11-21-16;/h4-6,8-12,14,18H,3,7,13,20H2,1-2H3,(H,22,23);1H. The summed E-state index contributed by atoms with van der Waals surface area (Å²) in [5, 5.41) is 2.95. The Morgan fingerprint density at radius 2 is 2.08 bits per heavy atom. The Kier molecular flexibility index (Phi) is 8.95. The summed E-state index contributed by atoms with van der Waals surface area (Å²) in [5.74, 6) is 0.626. The number of hydrogen-bond donors (Lipinski definition) is 2. The summed E-state index contributed by atoms with van der Waals surface area (Å²) >= 11 is 0. The van der Waals surface area contributed by atoms with E-state index in [9.17, 15) is 4.79 Å². The molecular weight excluding hydrogens is 338 g/mol. The summed E-state index contributed by atoms with van der Waals surface area (Å²) in [6.07, 6.45) is 3.32. The van der Waals surface area contributed by atoms with Crippen LogP contribution in [-0.2, 0) is 11.4 Å². The van der Waals surface area contributed by atoms with Gasteiger partial charge in [-0.1, -0.05) is 31.5 Å². The molecule has 1 heterocycles. The van der Waals surface area contributed by atoms with Crippen LogP contribution in [0.1, 0.15) is 44.0 Å². The lowest BCUT2D eigenvalue weighted by atomic mass is 10.1. The highest BCUT2D eigenvalue weighted by atomic mass is 35.5. The summed E-state index contributed by atoms with van der Waals surface area (Å²) in [5.41, 5.74) is 7.70. The molecule has 0 aliphatic carbocycles. The van der Waals surface area contributed by atoms with Gasteiger partial charge in [-0.2, -0.15) is 0 Å². The van der Waals surface area contributed by atoms with Gasteiger partial charge in [-0.25, -0.2) is 0 Å². The highest BCUT2D eigenvalue weighted by molar-refractivity contribution is 5.85. The first-order chi connectivity index (χ1) is 11.6. The number of nitrogens with one attached hydrogen (secondary N) is 1. The number of rotatable bonds is 8. The quantitative estimate of drug-likeness (QED) is 0.753. The Balaban J connectivity index is 0.00000312. The van der Waals surface area contributed by atoms with E-state index in [2.05, 4.69) is 10.3 Å². The van der Waals surface area contributed by atoms with Crippen molar-refractivity contribution in [3.8, 4) is 5.75 Å². The summed E-state index contributed by atoms with van der Waals surface area (Å²) in [6.45, 7) is 4.36. The number of halogens is 1. The number of aromatic nitrogens is 1. The molecule has 0 aliphatic rings. The maximum Gasteiger partial charge on any atom is 0.237 e. The van der Waals surface area contributed by atoms with E-state index in [1.807, 2.05) is 56.3 Å². The molecule has 0 radical (unpaired) electrons. The van der Waals surface area contributed by atoms with Crippen LogP contribution in [0.3, 0.4) is 0 Å². The molecular formula is C19H26ClN3O2. The van der Waals surface area contributed by atoms with Crippen LogP contribution in [0.25, 0.3) is 0 Å². The average molecular weight is 364 g/mol. The van der Waals surface area contributed by atoms with Crippen molar-refractivity contribution in [3.05, 3.63) is 59.9 Å². The van der Waals surface area contributed by atoms with Gasteiger partial charge in [0.15, 0.2) is 0 Å². The average Bonchev–Trinajstić information content (AvgIpc) is 2.61. The van der Waals surface area contributed by atoms with Crippen molar-refractivity contribution in [2.45, 2.75) is 45.4 Å². The lowest BCUT2D eigenvalue weighted by Gasteiger charge is -2.18. The number of hydrogen-bond acceptors (Lipinski definition) is 4. The highest BCUT2D eigenvalue weighted by Gasteiger charge is 2.16. The first kappa shape index (κ1) is 20.9. The fourth-order valence-corrected chi connectivity index (χ4v) is 2.36. The summed E-state index contributed by atoms with van der Waals surface area (Å²) in [4.78, 5) is 16.3. The molecule has 5 nitrogen and oxygen atoms in total. The van der Waals surface area contributed by atoms with Gasteiger partial charge in [-0.05, 0) is 43.2 Å². The van der Waals surface area contributed by atoms with Gasteiger partial charge in [0.1, 0.15) is 12.4 Å². The molecule has 1 amide bonds. The van der Waals surface area contributed by atoms with E-state index in [0.29, 0.717) is 13.0 Å². The van der Waals surface area contributed by atoms with Gasteiger partial charge in [0.25, 0.3) is 0 Å². The van der Waals surface area contributed by atoms with E-state index in [4.69, 9.17) is 10.5 Å². The largest absolute Gasteiger partial charge is 0.487 e. The number of carbonyl (C=O) groups is 1. The van der Waals surface area contributed by atoms with Crippen LogP contribution < -0.4 is 15.8 Å². The van der Waals surface area contributed by atoms with E-state index in [1.54, 1.807) is 6.20 Å². The van der Waals surface area contributed by atoms with Crippen molar-refractivity contribution in [1.82, 2.24) is 10.3 Å². The van der Waals surface area contributed by atoms with Crippen LogP contribution in [0.4, 0.5) is 0 Å². The highest BCUT2D eigenvalue weighted by Crippen LogP contribution is 2.20. The molecule has 1 aromatic carbocycles. The molecule has 6 heteroatoms. The smallest absolute Gasteiger partial charge is 0.237 e. The van der Waals surface area contributed by atoms with Crippen LogP contribution in [0, 0.1) is 0 Å². The van der Waals surface area contributed by atoms with Gasteiger partial charge in [-0.3, -0.25) is 9.78 Å². The van der Waals surface area contributed by atoms with Crippen molar-refractivity contribution >= 4 is 18.3 Å². The monoisotopic (exact) mass is 363 g/mol. The van der Waals surface area contributed by atoms with Crippen LogP contribution in [-0.4, -0.2) is 16.9 Å². The zero-order chi connectivity index (χ0) is 17.4. The Labute approximate surface area is 155 Å². The lowest BCUT2D eigenvalue weighted by Crippen LogP contribution is -2.41. The Morgan fingerprint density at radius 3 is 2.76 bits per heavy atom. The molecule has 1 aromatic heterocycles. The number of carbonyl (C=O) groups excluding carboxylic acids is 1. The van der Waals surface area contributed by atoms with Crippen molar-refractivity contribution in [2.75, 3.05) is 0 Å². The van der Waals surface area contributed by atoms with E-state index in [0.717, 1.165) is 23.4 Å². The molecule has 25 heavy (non-hydrogen) atoms. The summed E-state index contributed by atoms with van der Waals surface area (Å²) in [7, 11) is 0. The molecule has 2 atom stereocenters. The number of ether oxygens (including phenoxy) is 1. The van der Waals surface area contributed by atoms with Gasteiger partial charge in [0.05, 0.1) is 17.8 Å². The molecule has 0 aliphatic heterocycles. The Morgan fingerprint density at radius 1 is 1.28 bits per heavy atom. The summed E-state index contributed by atoms with van der Waals surface area (Å²) in [6, 6.07) is 12.8. The number of benzene rings is 1. The molecule has 3 N–H and O–H groups in total. The SMILES string of the molecule is CCCC(N)C(=O)NC(C)c1cccc(OCc2ccccn2)c1.Cl. The molecule has 0 saturated heterocycles. The van der Waals surface area contributed by atoms with E-state index >= 15 is 0 Å². The Bertz CT molecular complexity index is 652. The van der Waals surface area contributed by atoms with Crippen molar-refractivity contribution in [2.24, 2.45) is 5.73 Å². The van der Waals surface area contributed by atoms with Crippen molar-refractivity contribution in [3.63, 3.8) is 0 Å². The van der Waals surface area contributed by atoms with Crippen molar-refractivity contribution < 1.29 is 9.53 Å². The van der Waals surface area contributed by atoms with Gasteiger partial charge in [0, 0.05) is 6.20 Å². The number of amides is 1. The maximum atomic E-state index is 12.0. The van der Waals surface area contributed by atoms with Crippen LogP contribution in [0.2, 0.25) is 0 Å². The molecule has 0 spiro atoms. The second kappa shape index (κ2) is 10.7. The molecule has 0 bridgehead atoms. The number of nitrogens with zero attached hydrogens (tertiary/aromatic N) is 1. The number of pyridine rings is 1.